The van der Waals surface area contributed by atoms with Crippen LogP contribution in [0.4, 0.5) is 8.78 Å². The predicted octanol–water partition coefficient (Wildman–Crippen LogP) is 2.06. The zero-order valence-electron chi connectivity index (χ0n) is 8.14. The van der Waals surface area contributed by atoms with E-state index in [0.717, 1.165) is 0 Å². The molecule has 0 fully saturated rings. The maximum Gasteiger partial charge on any atom is 0.344 e. The first-order valence-electron chi connectivity index (χ1n) is 4.35. The summed E-state index contributed by atoms with van der Waals surface area (Å²) in [6.07, 6.45) is -1.26. The Bertz CT molecular complexity index is 376. The number of hydrogen-bond acceptors (Lipinski definition) is 3. The van der Waals surface area contributed by atoms with Gasteiger partial charge >= 0.3 is 5.97 Å². The number of nitrogens with zero attached hydrogens (tertiary/aromatic N) is 1. The molecule has 0 atom stereocenters. The van der Waals surface area contributed by atoms with Gasteiger partial charge in [-0.2, -0.15) is 0 Å². The Morgan fingerprint density at radius 1 is 1.44 bits per heavy atom. The van der Waals surface area contributed by atoms with Gasteiger partial charge in [-0.15, -0.1) is 0 Å². The topological polar surface area (TPSA) is 58.9 Å². The monoisotopic (exact) mass is 229 g/mol. The van der Waals surface area contributed by atoms with Gasteiger partial charge < -0.3 is 9.94 Å². The lowest BCUT2D eigenvalue weighted by Crippen LogP contribution is -2.03. The Labute approximate surface area is 90.1 Å². The van der Waals surface area contributed by atoms with Gasteiger partial charge in [-0.3, -0.25) is 0 Å². The molecule has 86 valence electrons. The molecule has 0 aliphatic rings. The van der Waals surface area contributed by atoms with Gasteiger partial charge in [0.05, 0.1) is 6.21 Å². The highest BCUT2D eigenvalue weighted by Crippen LogP contribution is 2.18. The average Bonchev–Trinajstić information content (AvgIpc) is 2.25. The molecule has 4 nitrogen and oxygen atoms in total. The molecule has 0 spiro atoms. The van der Waals surface area contributed by atoms with Crippen LogP contribution in [0, 0.1) is 0 Å². The van der Waals surface area contributed by atoms with Crippen molar-refractivity contribution in [2.45, 2.75) is 6.43 Å². The first-order chi connectivity index (χ1) is 7.59. The Kier molecular flexibility index (Phi) is 4.38. The molecule has 0 saturated carbocycles. The number of hydrogen-bond donors (Lipinski definition) is 1. The summed E-state index contributed by atoms with van der Waals surface area (Å²) >= 11 is 0. The molecule has 0 heterocycles. The third kappa shape index (κ3) is 4.04. The van der Waals surface area contributed by atoms with Gasteiger partial charge in [0.25, 0.3) is 6.43 Å². The zero-order chi connectivity index (χ0) is 12.0. The lowest BCUT2D eigenvalue weighted by Gasteiger charge is -1.99. The number of benzene rings is 1. The highest BCUT2D eigenvalue weighted by Gasteiger charge is 2.04. The maximum absolute atomic E-state index is 12.2. The maximum atomic E-state index is 12.2. The number of carbonyl (C=O) groups is 1. The van der Waals surface area contributed by atoms with E-state index in [-0.39, 0.29) is 5.56 Å². The van der Waals surface area contributed by atoms with Crippen LogP contribution in [0.1, 0.15) is 17.6 Å². The SMILES string of the molecule is O=C(O)CO/N=C/c1ccc(C(F)F)cc1. The molecule has 0 saturated heterocycles. The average molecular weight is 229 g/mol. The molecule has 0 aromatic heterocycles. The quantitative estimate of drug-likeness (QED) is 0.621. The Hall–Kier alpha value is -1.98. The van der Waals surface area contributed by atoms with E-state index < -0.39 is 19.0 Å². The summed E-state index contributed by atoms with van der Waals surface area (Å²) in [5, 5.41) is 11.6. The largest absolute Gasteiger partial charge is 0.479 e. The fourth-order valence-corrected chi connectivity index (χ4v) is 0.918. The molecule has 1 rings (SSSR count). The summed E-state index contributed by atoms with van der Waals surface area (Å²) in [5.74, 6) is -1.13. The van der Waals surface area contributed by atoms with Gasteiger partial charge in [0, 0.05) is 5.56 Å². The van der Waals surface area contributed by atoms with Crippen molar-refractivity contribution < 1.29 is 23.5 Å². The van der Waals surface area contributed by atoms with Crippen molar-refractivity contribution in [3.63, 3.8) is 0 Å². The van der Waals surface area contributed by atoms with E-state index in [1.54, 1.807) is 0 Å². The molecule has 1 N–H and O–H groups in total. The minimum Gasteiger partial charge on any atom is -0.479 e. The lowest BCUT2D eigenvalue weighted by molar-refractivity contribution is -0.142. The van der Waals surface area contributed by atoms with E-state index >= 15 is 0 Å². The van der Waals surface area contributed by atoms with Crippen LogP contribution in [0.25, 0.3) is 0 Å². The van der Waals surface area contributed by atoms with Crippen molar-refractivity contribution in [2.24, 2.45) is 5.16 Å². The first kappa shape index (κ1) is 12.1. The number of oxime groups is 1. The molecular formula is C10H9F2NO3. The summed E-state index contributed by atoms with van der Waals surface area (Å²) in [7, 11) is 0. The van der Waals surface area contributed by atoms with Crippen molar-refractivity contribution >= 4 is 12.2 Å². The highest BCUT2D eigenvalue weighted by molar-refractivity contribution is 5.79. The minimum atomic E-state index is -2.51. The molecule has 0 radical (unpaired) electrons. The minimum absolute atomic E-state index is 0.0800. The Morgan fingerprint density at radius 3 is 2.56 bits per heavy atom. The summed E-state index contributed by atoms with van der Waals surface area (Å²) < 4.78 is 24.3. The standard InChI is InChI=1S/C10H9F2NO3/c11-10(12)8-3-1-7(2-4-8)5-13-16-6-9(14)15/h1-5,10H,6H2,(H,14,15)/b13-5+. The fraction of sp³-hybridized carbons (Fsp3) is 0.200. The second kappa shape index (κ2) is 5.79. The second-order valence-corrected chi connectivity index (χ2v) is 2.87. The van der Waals surface area contributed by atoms with E-state index in [0.29, 0.717) is 5.56 Å². The summed E-state index contributed by atoms with van der Waals surface area (Å²) in [6, 6.07) is 5.41. The lowest BCUT2D eigenvalue weighted by atomic mass is 10.1. The number of aliphatic carboxylic acids is 1. The summed E-state index contributed by atoms with van der Waals surface area (Å²) in [4.78, 5) is 14.4. The van der Waals surface area contributed by atoms with E-state index in [2.05, 4.69) is 9.99 Å². The normalized spacial score (nSPS) is 10.9. The van der Waals surface area contributed by atoms with Gasteiger partial charge in [-0.25, -0.2) is 13.6 Å². The molecule has 0 bridgehead atoms. The van der Waals surface area contributed by atoms with Gasteiger partial charge in [0.2, 0.25) is 6.61 Å². The Balaban J connectivity index is 2.51. The molecule has 0 amide bonds. The molecule has 0 unspecified atom stereocenters. The van der Waals surface area contributed by atoms with E-state index in [9.17, 15) is 13.6 Å². The third-order valence-electron chi connectivity index (χ3n) is 1.65. The van der Waals surface area contributed by atoms with Crippen LogP contribution in [0.5, 0.6) is 0 Å². The number of carboxylic acid groups (broad SMARTS) is 1. The van der Waals surface area contributed by atoms with Crippen LogP contribution >= 0.6 is 0 Å². The van der Waals surface area contributed by atoms with Gasteiger partial charge in [-0.1, -0.05) is 29.4 Å². The van der Waals surface area contributed by atoms with Crippen LogP contribution < -0.4 is 0 Å². The molecule has 0 aliphatic carbocycles. The number of halogens is 2. The summed E-state index contributed by atoms with van der Waals surface area (Å²) in [6.45, 7) is -0.536. The molecule has 0 aliphatic heterocycles. The molecular weight excluding hydrogens is 220 g/mol. The molecule has 1 aromatic carbocycles. The molecule has 1 aromatic rings. The van der Waals surface area contributed by atoms with Gasteiger partial charge in [0.1, 0.15) is 0 Å². The smallest absolute Gasteiger partial charge is 0.344 e. The summed E-state index contributed by atoms with van der Waals surface area (Å²) in [5.41, 5.74) is 0.471. The van der Waals surface area contributed by atoms with Crippen molar-refractivity contribution in [3.8, 4) is 0 Å². The van der Waals surface area contributed by atoms with Crippen LogP contribution in [0.3, 0.4) is 0 Å². The van der Waals surface area contributed by atoms with E-state index in [1.165, 1.54) is 30.5 Å². The molecule has 16 heavy (non-hydrogen) atoms. The second-order valence-electron chi connectivity index (χ2n) is 2.87. The first-order valence-corrected chi connectivity index (χ1v) is 4.35. The van der Waals surface area contributed by atoms with Crippen molar-refractivity contribution in [1.82, 2.24) is 0 Å². The van der Waals surface area contributed by atoms with Crippen molar-refractivity contribution in [1.29, 1.82) is 0 Å². The highest BCUT2D eigenvalue weighted by atomic mass is 19.3. The predicted molar refractivity (Wildman–Crippen MR) is 52.6 cm³/mol. The van der Waals surface area contributed by atoms with Gasteiger partial charge in [-0.05, 0) is 5.56 Å². The van der Waals surface area contributed by atoms with Crippen molar-refractivity contribution in [3.05, 3.63) is 35.4 Å². The number of rotatable bonds is 5. The Morgan fingerprint density at radius 2 is 2.06 bits per heavy atom. The van der Waals surface area contributed by atoms with E-state index in [1.807, 2.05) is 0 Å². The van der Waals surface area contributed by atoms with Crippen molar-refractivity contribution in [2.75, 3.05) is 6.61 Å². The fourth-order valence-electron chi connectivity index (χ4n) is 0.918. The van der Waals surface area contributed by atoms with Gasteiger partial charge in [0.15, 0.2) is 0 Å². The van der Waals surface area contributed by atoms with Crippen LogP contribution in [-0.2, 0) is 9.63 Å². The third-order valence-corrected chi connectivity index (χ3v) is 1.65. The van der Waals surface area contributed by atoms with Crippen LogP contribution in [0.2, 0.25) is 0 Å². The number of carboxylic acids is 1. The number of alkyl halides is 2. The van der Waals surface area contributed by atoms with Crippen LogP contribution in [-0.4, -0.2) is 23.9 Å². The van der Waals surface area contributed by atoms with E-state index in [4.69, 9.17) is 5.11 Å². The van der Waals surface area contributed by atoms with Crippen LogP contribution in [0.15, 0.2) is 29.4 Å². The molecule has 6 heteroatoms. The zero-order valence-corrected chi connectivity index (χ0v) is 8.14.